The molecule has 1 atom stereocenters. The molecule has 0 spiro atoms. The van der Waals surface area contributed by atoms with Crippen molar-refractivity contribution < 1.29 is 19.1 Å². The molecule has 0 aromatic rings. The minimum atomic E-state index is -0.522. The minimum Gasteiger partial charge on any atom is -0.464 e. The van der Waals surface area contributed by atoms with Crippen LogP contribution >= 0.6 is 0 Å². The van der Waals surface area contributed by atoms with Crippen LogP contribution in [0.4, 0.5) is 0 Å². The normalized spacial score (nSPS) is 21.3. The van der Waals surface area contributed by atoms with Gasteiger partial charge in [-0.05, 0) is 26.7 Å². The SMILES string of the molecule is CCC(C)(C)C(=O)OCC1CCC(=O)C1=O. The Morgan fingerprint density at radius 1 is 1.44 bits per heavy atom. The summed E-state index contributed by atoms with van der Waals surface area (Å²) in [5, 5.41) is 0. The zero-order valence-electron chi connectivity index (χ0n) is 10.0. The Hall–Kier alpha value is -1.19. The van der Waals surface area contributed by atoms with Gasteiger partial charge in [0, 0.05) is 6.42 Å². The molecule has 1 rings (SSSR count). The zero-order chi connectivity index (χ0) is 12.3. The smallest absolute Gasteiger partial charge is 0.311 e. The number of rotatable bonds is 4. The number of hydrogen-bond donors (Lipinski definition) is 0. The second-order valence-electron chi connectivity index (χ2n) is 4.86. The van der Waals surface area contributed by atoms with E-state index in [4.69, 9.17) is 4.74 Å². The third-order valence-electron chi connectivity index (χ3n) is 3.22. The van der Waals surface area contributed by atoms with Crippen LogP contribution in [0.3, 0.4) is 0 Å². The van der Waals surface area contributed by atoms with Crippen molar-refractivity contribution in [3.8, 4) is 0 Å². The van der Waals surface area contributed by atoms with Crippen molar-refractivity contribution in [2.24, 2.45) is 11.3 Å². The molecule has 0 bridgehead atoms. The molecule has 0 amide bonds. The van der Waals surface area contributed by atoms with E-state index in [2.05, 4.69) is 0 Å². The van der Waals surface area contributed by atoms with Gasteiger partial charge >= 0.3 is 5.97 Å². The van der Waals surface area contributed by atoms with Gasteiger partial charge < -0.3 is 4.74 Å². The summed E-state index contributed by atoms with van der Waals surface area (Å²) in [6.45, 7) is 5.56. The summed E-state index contributed by atoms with van der Waals surface area (Å²) in [6, 6.07) is 0. The Morgan fingerprint density at radius 2 is 2.06 bits per heavy atom. The van der Waals surface area contributed by atoms with Crippen LogP contribution in [0, 0.1) is 11.3 Å². The highest BCUT2D eigenvalue weighted by atomic mass is 16.5. The molecule has 0 N–H and O–H groups in total. The largest absolute Gasteiger partial charge is 0.464 e. The first-order valence-electron chi connectivity index (χ1n) is 5.62. The van der Waals surface area contributed by atoms with Crippen molar-refractivity contribution in [3.05, 3.63) is 0 Å². The van der Waals surface area contributed by atoms with E-state index >= 15 is 0 Å². The summed E-state index contributed by atoms with van der Waals surface area (Å²) in [4.78, 5) is 33.9. The second-order valence-corrected chi connectivity index (χ2v) is 4.86. The fraction of sp³-hybridized carbons (Fsp3) is 0.750. The fourth-order valence-corrected chi connectivity index (χ4v) is 1.46. The number of ether oxygens (including phenoxy) is 1. The van der Waals surface area contributed by atoms with Crippen molar-refractivity contribution in [2.75, 3.05) is 6.61 Å². The summed E-state index contributed by atoms with van der Waals surface area (Å²) in [6.07, 6.45) is 1.49. The van der Waals surface area contributed by atoms with Gasteiger partial charge in [-0.3, -0.25) is 14.4 Å². The molecule has 1 aliphatic carbocycles. The zero-order valence-corrected chi connectivity index (χ0v) is 10.0. The van der Waals surface area contributed by atoms with Gasteiger partial charge in [0.25, 0.3) is 0 Å². The molecule has 1 fully saturated rings. The van der Waals surface area contributed by atoms with Gasteiger partial charge in [-0.2, -0.15) is 0 Å². The van der Waals surface area contributed by atoms with Crippen molar-refractivity contribution >= 4 is 17.5 Å². The van der Waals surface area contributed by atoms with E-state index in [0.29, 0.717) is 12.8 Å². The van der Waals surface area contributed by atoms with Crippen molar-refractivity contribution in [2.45, 2.75) is 40.0 Å². The molecule has 0 radical (unpaired) electrons. The predicted octanol–water partition coefficient (Wildman–Crippen LogP) is 1.51. The summed E-state index contributed by atoms with van der Waals surface area (Å²) < 4.78 is 5.09. The quantitative estimate of drug-likeness (QED) is 0.538. The lowest BCUT2D eigenvalue weighted by Crippen LogP contribution is -2.29. The Kier molecular flexibility index (Phi) is 3.83. The van der Waals surface area contributed by atoms with Gasteiger partial charge in [-0.1, -0.05) is 6.92 Å². The van der Waals surface area contributed by atoms with E-state index in [9.17, 15) is 14.4 Å². The number of Topliss-reactive ketones (excluding diaryl/α,β-unsaturated/α-hetero) is 2. The highest BCUT2D eigenvalue weighted by Crippen LogP contribution is 2.24. The van der Waals surface area contributed by atoms with Gasteiger partial charge in [0.1, 0.15) is 6.61 Å². The lowest BCUT2D eigenvalue weighted by atomic mass is 9.90. The van der Waals surface area contributed by atoms with E-state index in [1.54, 1.807) is 13.8 Å². The molecule has 1 aliphatic rings. The van der Waals surface area contributed by atoms with Gasteiger partial charge in [0.15, 0.2) is 5.78 Å². The van der Waals surface area contributed by atoms with Gasteiger partial charge in [-0.15, -0.1) is 0 Å². The minimum absolute atomic E-state index is 0.0484. The molecule has 0 aliphatic heterocycles. The van der Waals surface area contributed by atoms with Crippen molar-refractivity contribution in [1.82, 2.24) is 0 Å². The average molecular weight is 226 g/mol. The molecular formula is C12H18O4. The molecule has 0 heterocycles. The summed E-state index contributed by atoms with van der Waals surface area (Å²) in [7, 11) is 0. The summed E-state index contributed by atoms with van der Waals surface area (Å²) >= 11 is 0. The highest BCUT2D eigenvalue weighted by molar-refractivity contribution is 6.39. The van der Waals surface area contributed by atoms with Crippen LogP contribution in [-0.2, 0) is 19.1 Å². The van der Waals surface area contributed by atoms with Crippen LogP contribution in [0.1, 0.15) is 40.0 Å². The fourth-order valence-electron chi connectivity index (χ4n) is 1.46. The molecule has 1 saturated carbocycles. The molecule has 0 aromatic heterocycles. The van der Waals surface area contributed by atoms with Gasteiger partial charge in [0.05, 0.1) is 11.3 Å². The van der Waals surface area contributed by atoms with Crippen LogP contribution in [0.25, 0.3) is 0 Å². The van der Waals surface area contributed by atoms with E-state index in [1.165, 1.54) is 0 Å². The number of ketones is 2. The lowest BCUT2D eigenvalue weighted by molar-refractivity contribution is -0.156. The second kappa shape index (κ2) is 4.76. The molecule has 4 heteroatoms. The lowest BCUT2D eigenvalue weighted by Gasteiger charge is -2.21. The monoisotopic (exact) mass is 226 g/mol. The molecular weight excluding hydrogens is 208 g/mol. The molecule has 1 unspecified atom stereocenters. The van der Waals surface area contributed by atoms with Crippen molar-refractivity contribution in [3.63, 3.8) is 0 Å². The maximum absolute atomic E-state index is 11.6. The Labute approximate surface area is 95.3 Å². The van der Waals surface area contributed by atoms with Crippen LogP contribution in [0.2, 0.25) is 0 Å². The Balaban J connectivity index is 2.44. The molecule has 4 nitrogen and oxygen atoms in total. The molecule has 0 aromatic carbocycles. The van der Waals surface area contributed by atoms with Crippen molar-refractivity contribution in [1.29, 1.82) is 0 Å². The topological polar surface area (TPSA) is 60.4 Å². The Bertz CT molecular complexity index is 317. The summed E-state index contributed by atoms with van der Waals surface area (Å²) in [5.41, 5.74) is -0.522. The first kappa shape index (κ1) is 12.9. The number of hydrogen-bond acceptors (Lipinski definition) is 4. The van der Waals surface area contributed by atoms with E-state index in [0.717, 1.165) is 0 Å². The van der Waals surface area contributed by atoms with E-state index in [-0.39, 0.29) is 30.6 Å². The van der Waals surface area contributed by atoms with E-state index < -0.39 is 11.3 Å². The number of carbonyl (C=O) groups is 3. The third-order valence-corrected chi connectivity index (χ3v) is 3.22. The molecule has 90 valence electrons. The number of esters is 1. The maximum atomic E-state index is 11.6. The Morgan fingerprint density at radius 3 is 2.50 bits per heavy atom. The van der Waals surface area contributed by atoms with Crippen LogP contribution < -0.4 is 0 Å². The highest BCUT2D eigenvalue weighted by Gasteiger charge is 2.35. The molecule has 16 heavy (non-hydrogen) atoms. The first-order valence-corrected chi connectivity index (χ1v) is 5.62. The standard InChI is InChI=1S/C12H18O4/c1-4-12(2,3)11(15)16-7-8-5-6-9(13)10(8)14/h8H,4-7H2,1-3H3. The molecule has 0 saturated heterocycles. The van der Waals surface area contributed by atoms with Crippen LogP contribution in [0.15, 0.2) is 0 Å². The number of carbonyl (C=O) groups excluding carboxylic acids is 3. The maximum Gasteiger partial charge on any atom is 0.311 e. The first-order chi connectivity index (χ1) is 7.38. The van der Waals surface area contributed by atoms with E-state index in [1.807, 2.05) is 6.92 Å². The van der Waals surface area contributed by atoms with Gasteiger partial charge in [0.2, 0.25) is 5.78 Å². The predicted molar refractivity (Wildman–Crippen MR) is 57.8 cm³/mol. The third kappa shape index (κ3) is 2.68. The van der Waals surface area contributed by atoms with Gasteiger partial charge in [-0.25, -0.2) is 0 Å². The average Bonchev–Trinajstić information content (AvgIpc) is 2.56. The van der Waals surface area contributed by atoms with Crippen LogP contribution in [0.5, 0.6) is 0 Å². The van der Waals surface area contributed by atoms with Crippen LogP contribution in [-0.4, -0.2) is 24.1 Å². The summed E-state index contributed by atoms with van der Waals surface area (Å²) in [5.74, 6) is -1.44.